The molecular weight excluding hydrogens is 490 g/mol. The number of ether oxygens (including phenoxy) is 4. The number of imidazole rings is 1. The summed E-state index contributed by atoms with van der Waals surface area (Å²) in [4.78, 5) is 4.83. The quantitative estimate of drug-likeness (QED) is 0.335. The SMILES string of the molecule is CCn1c(COc2c(OC)ccc3cc4[n+](cc23)CCc2cc3c(cc2-4)OCO3)nc2ccccc21.[Cl-]. The molecule has 5 aromatic rings. The first-order valence-corrected chi connectivity index (χ1v) is 12.3. The number of para-hydroxylation sites is 2. The van der Waals surface area contributed by atoms with Gasteiger partial charge in [-0.3, -0.25) is 0 Å². The van der Waals surface area contributed by atoms with Crippen molar-refractivity contribution >= 4 is 21.8 Å². The normalized spacial score (nSPS) is 13.2. The standard InChI is InChI=1S/C29H26N3O4.ClH/c1-3-32-23-7-5-4-6-22(23)30-28(32)16-34-29-21-15-31-11-10-19-13-26-27(36-17-35-26)14-20(19)24(31)12-18(21)8-9-25(29)33-2;/h4-9,12-15H,3,10-11,16-17H2,1-2H3;1H/q+1;/p-1. The lowest BCUT2D eigenvalue weighted by Crippen LogP contribution is -3.00. The van der Waals surface area contributed by atoms with Crippen molar-refractivity contribution in [2.45, 2.75) is 33.0 Å². The van der Waals surface area contributed by atoms with Gasteiger partial charge in [0.2, 0.25) is 12.5 Å². The van der Waals surface area contributed by atoms with Gasteiger partial charge >= 0.3 is 0 Å². The summed E-state index contributed by atoms with van der Waals surface area (Å²) in [6.07, 6.45) is 3.11. The Kier molecular flexibility index (Phi) is 5.80. The summed E-state index contributed by atoms with van der Waals surface area (Å²) in [7, 11) is 1.68. The zero-order valence-corrected chi connectivity index (χ0v) is 21.4. The average Bonchev–Trinajstić information content (AvgIpc) is 3.52. The second-order valence-electron chi connectivity index (χ2n) is 9.11. The predicted octanol–water partition coefficient (Wildman–Crippen LogP) is 2.04. The fraction of sp³-hybridized carbons (Fsp3) is 0.241. The molecule has 0 N–H and O–H groups in total. The largest absolute Gasteiger partial charge is 1.00 e. The lowest BCUT2D eigenvalue weighted by Gasteiger charge is -2.18. The predicted molar refractivity (Wildman–Crippen MR) is 136 cm³/mol. The van der Waals surface area contributed by atoms with E-state index >= 15 is 0 Å². The Balaban J connectivity index is 0.00000252. The highest BCUT2D eigenvalue weighted by atomic mass is 35.5. The van der Waals surface area contributed by atoms with E-state index < -0.39 is 0 Å². The molecule has 0 unspecified atom stereocenters. The lowest BCUT2D eigenvalue weighted by atomic mass is 9.95. The van der Waals surface area contributed by atoms with E-state index in [0.29, 0.717) is 12.4 Å². The molecular formula is C29H26ClN3O4. The van der Waals surface area contributed by atoms with Gasteiger partial charge < -0.3 is 35.9 Å². The molecule has 3 aromatic carbocycles. The van der Waals surface area contributed by atoms with E-state index in [0.717, 1.165) is 70.1 Å². The van der Waals surface area contributed by atoms with Crippen LogP contribution in [0.4, 0.5) is 0 Å². The number of aromatic nitrogens is 3. The summed E-state index contributed by atoms with van der Waals surface area (Å²) in [5, 5.41) is 2.10. The topological polar surface area (TPSA) is 58.6 Å². The fourth-order valence-electron chi connectivity index (χ4n) is 5.43. The molecule has 2 aromatic heterocycles. The Labute approximate surface area is 220 Å². The average molecular weight is 516 g/mol. The molecule has 0 spiro atoms. The van der Waals surface area contributed by atoms with Gasteiger partial charge in [-0.2, -0.15) is 4.57 Å². The monoisotopic (exact) mass is 515 g/mol. The molecule has 0 amide bonds. The number of nitrogens with zero attached hydrogens (tertiary/aromatic N) is 3. The van der Waals surface area contributed by atoms with Crippen molar-refractivity contribution in [3.8, 4) is 34.3 Å². The van der Waals surface area contributed by atoms with Crippen molar-refractivity contribution in [1.82, 2.24) is 9.55 Å². The molecule has 7 nitrogen and oxygen atoms in total. The number of rotatable bonds is 5. The summed E-state index contributed by atoms with van der Waals surface area (Å²) in [6.45, 7) is 4.46. The molecule has 0 bridgehead atoms. The molecule has 0 saturated heterocycles. The Morgan fingerprint density at radius 1 is 1.05 bits per heavy atom. The van der Waals surface area contributed by atoms with Gasteiger partial charge in [0, 0.05) is 19.0 Å². The van der Waals surface area contributed by atoms with Crippen LogP contribution in [-0.2, 0) is 26.1 Å². The third kappa shape index (κ3) is 3.73. The van der Waals surface area contributed by atoms with Crippen molar-refractivity contribution in [2.75, 3.05) is 13.9 Å². The van der Waals surface area contributed by atoms with Crippen LogP contribution in [-0.4, -0.2) is 23.5 Å². The molecule has 0 aliphatic carbocycles. The number of hydrogen-bond donors (Lipinski definition) is 0. The van der Waals surface area contributed by atoms with Crippen molar-refractivity contribution in [3.05, 3.63) is 72.2 Å². The number of pyridine rings is 1. The number of fused-ring (bicyclic) bond motifs is 6. The number of benzene rings is 3. The number of hydrogen-bond acceptors (Lipinski definition) is 5. The minimum atomic E-state index is 0. The van der Waals surface area contributed by atoms with Crippen molar-refractivity contribution in [1.29, 1.82) is 0 Å². The maximum Gasteiger partial charge on any atom is 0.231 e. The highest BCUT2D eigenvalue weighted by Gasteiger charge is 2.28. The van der Waals surface area contributed by atoms with Crippen molar-refractivity contribution in [3.63, 3.8) is 0 Å². The first-order chi connectivity index (χ1) is 17.7. The van der Waals surface area contributed by atoms with Crippen LogP contribution in [0.1, 0.15) is 18.3 Å². The molecule has 0 atom stereocenters. The number of halogens is 1. The van der Waals surface area contributed by atoms with Gasteiger partial charge in [0.1, 0.15) is 12.4 Å². The van der Waals surface area contributed by atoms with E-state index in [1.165, 1.54) is 11.1 Å². The number of methoxy groups -OCH3 is 1. The summed E-state index contributed by atoms with van der Waals surface area (Å²) >= 11 is 0. The van der Waals surface area contributed by atoms with E-state index in [1.54, 1.807) is 7.11 Å². The van der Waals surface area contributed by atoms with Crippen LogP contribution in [0.5, 0.6) is 23.0 Å². The highest BCUT2D eigenvalue weighted by Crippen LogP contribution is 2.41. The molecule has 8 heteroatoms. The third-order valence-electron chi connectivity index (χ3n) is 7.19. The van der Waals surface area contributed by atoms with Gasteiger partial charge in [0.15, 0.2) is 35.7 Å². The minimum Gasteiger partial charge on any atom is -1.00 e. The van der Waals surface area contributed by atoms with E-state index in [-0.39, 0.29) is 19.2 Å². The summed E-state index contributed by atoms with van der Waals surface area (Å²) in [5.74, 6) is 3.98. The van der Waals surface area contributed by atoms with Gasteiger partial charge in [-0.05, 0) is 54.3 Å². The second kappa shape index (κ2) is 9.16. The first-order valence-electron chi connectivity index (χ1n) is 12.3. The van der Waals surface area contributed by atoms with Crippen molar-refractivity contribution < 1.29 is 35.9 Å². The van der Waals surface area contributed by atoms with Crippen LogP contribution < -0.4 is 35.9 Å². The third-order valence-corrected chi connectivity index (χ3v) is 7.19. The van der Waals surface area contributed by atoms with Gasteiger partial charge in [0.05, 0.1) is 29.1 Å². The van der Waals surface area contributed by atoms with Crippen LogP contribution in [0.15, 0.2) is 60.8 Å². The van der Waals surface area contributed by atoms with Crippen molar-refractivity contribution in [2.24, 2.45) is 0 Å². The second-order valence-corrected chi connectivity index (χ2v) is 9.11. The van der Waals surface area contributed by atoms with Crippen LogP contribution in [0.3, 0.4) is 0 Å². The molecule has 0 radical (unpaired) electrons. The Hall–Kier alpha value is -3.97. The lowest BCUT2D eigenvalue weighted by molar-refractivity contribution is -0.686. The number of aryl methyl sites for hydroxylation is 3. The molecule has 4 heterocycles. The summed E-state index contributed by atoms with van der Waals surface area (Å²) < 4.78 is 27.9. The minimum absolute atomic E-state index is 0. The Morgan fingerprint density at radius 3 is 2.73 bits per heavy atom. The smallest absolute Gasteiger partial charge is 0.231 e. The summed E-state index contributed by atoms with van der Waals surface area (Å²) in [5.41, 5.74) is 5.72. The van der Waals surface area contributed by atoms with E-state index in [4.69, 9.17) is 23.9 Å². The van der Waals surface area contributed by atoms with Gasteiger partial charge in [-0.15, -0.1) is 0 Å². The van der Waals surface area contributed by atoms with Gasteiger partial charge in [-0.1, -0.05) is 12.1 Å². The maximum atomic E-state index is 6.46. The van der Waals surface area contributed by atoms with Crippen LogP contribution in [0, 0.1) is 0 Å². The Bertz CT molecular complexity index is 1660. The molecule has 188 valence electrons. The maximum absolute atomic E-state index is 6.46. The molecule has 0 fully saturated rings. The molecule has 2 aliphatic heterocycles. The molecule has 37 heavy (non-hydrogen) atoms. The van der Waals surface area contributed by atoms with E-state index in [9.17, 15) is 0 Å². The van der Waals surface area contributed by atoms with E-state index in [1.807, 2.05) is 24.3 Å². The van der Waals surface area contributed by atoms with Crippen LogP contribution in [0.2, 0.25) is 0 Å². The zero-order chi connectivity index (χ0) is 24.2. The molecule has 0 saturated carbocycles. The molecule has 2 aliphatic rings. The van der Waals surface area contributed by atoms with Gasteiger partial charge in [-0.25, -0.2) is 4.98 Å². The van der Waals surface area contributed by atoms with E-state index in [2.05, 4.69) is 52.6 Å². The molecule has 7 rings (SSSR count). The van der Waals surface area contributed by atoms with Crippen LogP contribution >= 0.6 is 0 Å². The highest BCUT2D eigenvalue weighted by molar-refractivity contribution is 5.91. The zero-order valence-electron chi connectivity index (χ0n) is 20.7. The fourth-order valence-corrected chi connectivity index (χ4v) is 5.43. The summed E-state index contributed by atoms with van der Waals surface area (Å²) in [6, 6.07) is 18.7. The first kappa shape index (κ1) is 23.4. The van der Waals surface area contributed by atoms with Crippen LogP contribution in [0.25, 0.3) is 33.1 Å². The Morgan fingerprint density at radius 2 is 1.89 bits per heavy atom. The van der Waals surface area contributed by atoms with Gasteiger partial charge in [0.25, 0.3) is 0 Å².